The molecule has 1 aromatic heterocycles. The van der Waals surface area contributed by atoms with E-state index in [1.807, 2.05) is 0 Å². The summed E-state index contributed by atoms with van der Waals surface area (Å²) in [5, 5.41) is 5.22. The van der Waals surface area contributed by atoms with Crippen LogP contribution in [-0.4, -0.2) is 31.5 Å². The lowest BCUT2D eigenvalue weighted by molar-refractivity contribution is -0.143. The van der Waals surface area contributed by atoms with Crippen molar-refractivity contribution in [2.24, 2.45) is 16.0 Å². The average molecular weight is 454 g/mol. The van der Waals surface area contributed by atoms with Gasteiger partial charge in [0.15, 0.2) is 4.80 Å². The summed E-state index contributed by atoms with van der Waals surface area (Å²) >= 11 is 1.15. The maximum Gasteiger partial charge on any atom is 0.326 e. The Hall–Kier alpha value is -2.04. The van der Waals surface area contributed by atoms with Crippen molar-refractivity contribution in [1.82, 2.24) is 4.57 Å². The molecule has 0 radical (unpaired) electrons. The highest BCUT2D eigenvalue weighted by Gasteiger charge is 2.17. The van der Waals surface area contributed by atoms with E-state index in [0.29, 0.717) is 27.4 Å². The second-order valence-electron chi connectivity index (χ2n) is 7.50. The zero-order valence-electron chi connectivity index (χ0n) is 17.0. The van der Waals surface area contributed by atoms with Crippen molar-refractivity contribution in [2.45, 2.75) is 63.3 Å². The van der Waals surface area contributed by atoms with Gasteiger partial charge in [-0.1, -0.05) is 43.4 Å². The Balaban J connectivity index is 1.92. The Morgan fingerprint density at radius 3 is 2.67 bits per heavy atom. The molecule has 0 unspecified atom stereocenters. The number of benzene rings is 1. The summed E-state index contributed by atoms with van der Waals surface area (Å²) < 4.78 is 30.5. The molecule has 0 bridgehead atoms. The fourth-order valence-electron chi connectivity index (χ4n) is 3.77. The highest BCUT2D eigenvalue weighted by Crippen LogP contribution is 2.27. The summed E-state index contributed by atoms with van der Waals surface area (Å²) in [6.45, 7) is 1.84. The number of amides is 1. The van der Waals surface area contributed by atoms with Gasteiger partial charge < -0.3 is 9.30 Å². The number of hydrogen-bond donors (Lipinski definition) is 1. The second-order valence-corrected chi connectivity index (χ2v) is 10.1. The van der Waals surface area contributed by atoms with Gasteiger partial charge >= 0.3 is 5.97 Å². The number of sulfonamides is 1. The van der Waals surface area contributed by atoms with E-state index in [2.05, 4.69) is 4.99 Å². The number of hydrogen-bond acceptors (Lipinski definition) is 6. The highest BCUT2D eigenvalue weighted by atomic mass is 32.2. The molecule has 2 N–H and O–H groups in total. The molecular formula is C20H27N3O5S2. The average Bonchev–Trinajstić information content (AvgIpc) is 3.03. The van der Waals surface area contributed by atoms with Crippen LogP contribution in [0.1, 0.15) is 51.9 Å². The zero-order valence-corrected chi connectivity index (χ0v) is 18.6. The van der Waals surface area contributed by atoms with Gasteiger partial charge in [-0.3, -0.25) is 9.59 Å². The van der Waals surface area contributed by atoms with Crippen molar-refractivity contribution in [3.8, 4) is 0 Å². The first-order chi connectivity index (χ1) is 14.3. The fourth-order valence-corrected chi connectivity index (χ4v) is 5.47. The highest BCUT2D eigenvalue weighted by molar-refractivity contribution is 7.89. The van der Waals surface area contributed by atoms with Crippen LogP contribution in [0.3, 0.4) is 0 Å². The molecule has 0 saturated heterocycles. The summed E-state index contributed by atoms with van der Waals surface area (Å²) in [6, 6.07) is 4.37. The lowest BCUT2D eigenvalue weighted by Gasteiger charge is -2.20. The van der Waals surface area contributed by atoms with Crippen molar-refractivity contribution in [3.05, 3.63) is 23.0 Å². The Kier molecular flexibility index (Phi) is 7.43. The van der Waals surface area contributed by atoms with Crippen LogP contribution in [0, 0.1) is 5.92 Å². The number of carbonyl (C=O) groups is 2. The third kappa shape index (κ3) is 5.77. The largest absolute Gasteiger partial charge is 0.465 e. The van der Waals surface area contributed by atoms with Crippen molar-refractivity contribution in [3.63, 3.8) is 0 Å². The number of rotatable bonds is 7. The van der Waals surface area contributed by atoms with Gasteiger partial charge in [0.1, 0.15) is 6.54 Å². The van der Waals surface area contributed by atoms with E-state index in [4.69, 9.17) is 9.88 Å². The normalized spacial score (nSPS) is 16.1. The molecular weight excluding hydrogens is 426 g/mol. The van der Waals surface area contributed by atoms with Gasteiger partial charge in [0, 0.05) is 6.42 Å². The molecule has 3 rings (SSSR count). The molecule has 10 heteroatoms. The molecule has 164 valence electrons. The predicted octanol–water partition coefficient (Wildman–Crippen LogP) is 2.70. The first-order valence-electron chi connectivity index (χ1n) is 10.2. The van der Waals surface area contributed by atoms with Gasteiger partial charge in [0.25, 0.3) is 0 Å². The summed E-state index contributed by atoms with van der Waals surface area (Å²) in [7, 11) is -3.87. The molecule has 1 saturated carbocycles. The van der Waals surface area contributed by atoms with Crippen LogP contribution >= 0.6 is 11.3 Å². The van der Waals surface area contributed by atoms with Crippen LogP contribution in [0.25, 0.3) is 10.2 Å². The lowest BCUT2D eigenvalue weighted by Crippen LogP contribution is -2.23. The van der Waals surface area contributed by atoms with Crippen LogP contribution < -0.4 is 9.94 Å². The SMILES string of the molecule is CCOC(=O)Cn1c(=NC(=O)CCC2CCCCC2)sc2cc(S(N)(=O)=O)ccc21. The Labute approximate surface area is 179 Å². The van der Waals surface area contributed by atoms with Crippen LogP contribution in [0.15, 0.2) is 28.1 Å². The number of thiazole rings is 1. The van der Waals surface area contributed by atoms with E-state index in [0.717, 1.165) is 30.6 Å². The smallest absolute Gasteiger partial charge is 0.326 e. The van der Waals surface area contributed by atoms with Gasteiger partial charge in [-0.15, -0.1) is 0 Å². The summed E-state index contributed by atoms with van der Waals surface area (Å²) in [5.74, 6) is -0.121. The molecule has 0 aliphatic heterocycles. The molecule has 1 amide bonds. The molecule has 2 aromatic rings. The van der Waals surface area contributed by atoms with Crippen LogP contribution in [0.5, 0.6) is 0 Å². The van der Waals surface area contributed by atoms with E-state index >= 15 is 0 Å². The van der Waals surface area contributed by atoms with E-state index in [-0.39, 0.29) is 24.0 Å². The Bertz CT molecular complexity index is 1100. The quantitative estimate of drug-likeness (QED) is 0.646. The van der Waals surface area contributed by atoms with Gasteiger partial charge in [-0.05, 0) is 37.5 Å². The number of ether oxygens (including phenoxy) is 1. The van der Waals surface area contributed by atoms with Crippen LogP contribution in [-0.2, 0) is 30.9 Å². The zero-order chi connectivity index (χ0) is 21.7. The molecule has 0 atom stereocenters. The minimum Gasteiger partial charge on any atom is -0.465 e. The van der Waals surface area contributed by atoms with Gasteiger partial charge in [-0.2, -0.15) is 4.99 Å². The number of aromatic nitrogens is 1. The number of carbonyl (C=O) groups excluding carboxylic acids is 2. The molecule has 8 nitrogen and oxygen atoms in total. The molecule has 1 aromatic carbocycles. The predicted molar refractivity (Wildman–Crippen MR) is 114 cm³/mol. The van der Waals surface area contributed by atoms with Crippen LogP contribution in [0.4, 0.5) is 0 Å². The number of nitrogens with two attached hydrogens (primary N) is 1. The van der Waals surface area contributed by atoms with E-state index in [1.165, 1.54) is 31.4 Å². The first kappa shape index (κ1) is 22.6. The summed E-state index contributed by atoms with van der Waals surface area (Å²) in [5.41, 5.74) is 0.597. The van der Waals surface area contributed by atoms with E-state index in [1.54, 1.807) is 17.6 Å². The standard InChI is InChI=1S/C20H27N3O5S2/c1-2-28-19(25)13-23-16-10-9-15(30(21,26)27)12-17(16)29-20(23)22-18(24)11-8-14-6-4-3-5-7-14/h9-10,12,14H,2-8,11,13H2,1H3,(H2,21,26,27). The fraction of sp³-hybridized carbons (Fsp3) is 0.550. The summed E-state index contributed by atoms with van der Waals surface area (Å²) in [6.07, 6.45) is 7.22. The number of fused-ring (bicyclic) bond motifs is 1. The lowest BCUT2D eigenvalue weighted by atomic mass is 9.86. The molecule has 30 heavy (non-hydrogen) atoms. The van der Waals surface area contributed by atoms with Gasteiger partial charge in [0.2, 0.25) is 15.9 Å². The molecule has 1 aliphatic rings. The Morgan fingerprint density at radius 2 is 2.00 bits per heavy atom. The molecule has 1 heterocycles. The first-order valence-corrected chi connectivity index (χ1v) is 12.5. The third-order valence-corrected chi connectivity index (χ3v) is 7.24. The molecule has 1 fully saturated rings. The monoisotopic (exact) mass is 453 g/mol. The third-order valence-electron chi connectivity index (χ3n) is 5.29. The minimum atomic E-state index is -3.87. The topological polar surface area (TPSA) is 121 Å². The van der Waals surface area contributed by atoms with Crippen LogP contribution in [0.2, 0.25) is 0 Å². The number of esters is 1. The van der Waals surface area contributed by atoms with Crippen molar-refractivity contribution in [2.75, 3.05) is 6.61 Å². The van der Waals surface area contributed by atoms with Crippen molar-refractivity contribution in [1.29, 1.82) is 0 Å². The van der Waals surface area contributed by atoms with E-state index < -0.39 is 16.0 Å². The number of nitrogens with zero attached hydrogens (tertiary/aromatic N) is 2. The molecule has 1 aliphatic carbocycles. The van der Waals surface area contributed by atoms with Gasteiger partial charge in [0.05, 0.1) is 21.7 Å². The van der Waals surface area contributed by atoms with E-state index in [9.17, 15) is 18.0 Å². The van der Waals surface area contributed by atoms with Crippen molar-refractivity contribution >= 4 is 43.5 Å². The van der Waals surface area contributed by atoms with Crippen molar-refractivity contribution < 1.29 is 22.7 Å². The maximum absolute atomic E-state index is 12.5. The second kappa shape index (κ2) is 9.84. The molecule has 0 spiro atoms. The maximum atomic E-state index is 12.5. The minimum absolute atomic E-state index is 0.0327. The summed E-state index contributed by atoms with van der Waals surface area (Å²) in [4.78, 5) is 29.1. The van der Waals surface area contributed by atoms with Gasteiger partial charge in [-0.25, -0.2) is 13.6 Å². The Morgan fingerprint density at radius 1 is 1.27 bits per heavy atom. The number of primary sulfonamides is 1.